The second kappa shape index (κ2) is 6.31. The number of nitrogens with one attached hydrogen (secondary N) is 2. The third kappa shape index (κ3) is 3.54. The largest absolute Gasteiger partial charge is 0.322 e. The fraction of sp³-hybridized carbons (Fsp3) is 0.462. The Hall–Kier alpha value is -0.480. The van der Waals surface area contributed by atoms with Gasteiger partial charge in [-0.15, -0.1) is 0 Å². The van der Waals surface area contributed by atoms with Crippen LogP contribution >= 0.6 is 34.8 Å². The van der Waals surface area contributed by atoms with Crippen molar-refractivity contribution in [2.24, 2.45) is 5.92 Å². The lowest BCUT2D eigenvalue weighted by atomic mass is 9.92. The van der Waals surface area contributed by atoms with E-state index in [-0.39, 0.29) is 11.9 Å². The Morgan fingerprint density at radius 3 is 2.53 bits per heavy atom. The first kappa shape index (κ1) is 14.9. The number of piperidine rings is 1. The standard InChI is InChI=1S/C13H15Cl3N2O/c1-7-3-2-4-17-11(7)13(19)18-12-9(15)5-8(14)6-10(12)16/h5-7,11,17H,2-4H2,1H3,(H,18,19). The van der Waals surface area contributed by atoms with Crippen LogP contribution < -0.4 is 10.6 Å². The fourth-order valence-corrected chi connectivity index (χ4v) is 3.17. The molecule has 1 fully saturated rings. The van der Waals surface area contributed by atoms with Crippen LogP contribution in [0.2, 0.25) is 15.1 Å². The summed E-state index contributed by atoms with van der Waals surface area (Å²) in [7, 11) is 0. The lowest BCUT2D eigenvalue weighted by Gasteiger charge is -2.29. The Labute approximate surface area is 127 Å². The summed E-state index contributed by atoms with van der Waals surface area (Å²) in [4.78, 5) is 12.2. The predicted octanol–water partition coefficient (Wildman–Crippen LogP) is 3.97. The first-order chi connectivity index (χ1) is 8.99. The van der Waals surface area contributed by atoms with Gasteiger partial charge in [0.1, 0.15) is 0 Å². The van der Waals surface area contributed by atoms with Crippen molar-refractivity contribution in [2.45, 2.75) is 25.8 Å². The van der Waals surface area contributed by atoms with Gasteiger partial charge in [-0.3, -0.25) is 4.79 Å². The number of hydrogen-bond acceptors (Lipinski definition) is 2. The van der Waals surface area contributed by atoms with Gasteiger partial charge in [0, 0.05) is 5.02 Å². The second-order valence-electron chi connectivity index (χ2n) is 4.78. The van der Waals surface area contributed by atoms with E-state index in [2.05, 4.69) is 17.6 Å². The molecule has 1 aromatic rings. The molecular weight excluding hydrogens is 307 g/mol. The molecule has 19 heavy (non-hydrogen) atoms. The highest BCUT2D eigenvalue weighted by molar-refractivity contribution is 6.42. The molecule has 1 aliphatic heterocycles. The van der Waals surface area contributed by atoms with Gasteiger partial charge in [-0.05, 0) is 37.4 Å². The number of hydrogen-bond donors (Lipinski definition) is 2. The molecule has 2 N–H and O–H groups in total. The summed E-state index contributed by atoms with van der Waals surface area (Å²) < 4.78 is 0. The van der Waals surface area contributed by atoms with E-state index in [9.17, 15) is 4.79 Å². The van der Waals surface area contributed by atoms with Crippen LogP contribution in [-0.2, 0) is 4.79 Å². The van der Waals surface area contributed by atoms with Crippen LogP contribution in [0.4, 0.5) is 5.69 Å². The minimum absolute atomic E-state index is 0.113. The maximum absolute atomic E-state index is 12.2. The van der Waals surface area contributed by atoms with E-state index >= 15 is 0 Å². The van der Waals surface area contributed by atoms with Gasteiger partial charge in [0.15, 0.2) is 0 Å². The molecule has 1 saturated heterocycles. The molecule has 6 heteroatoms. The number of benzene rings is 1. The van der Waals surface area contributed by atoms with E-state index in [0.29, 0.717) is 26.7 Å². The van der Waals surface area contributed by atoms with Crippen molar-refractivity contribution >= 4 is 46.4 Å². The Morgan fingerprint density at radius 1 is 1.32 bits per heavy atom. The average Bonchev–Trinajstić information content (AvgIpc) is 2.34. The summed E-state index contributed by atoms with van der Waals surface area (Å²) in [5, 5.41) is 7.12. The zero-order valence-corrected chi connectivity index (χ0v) is 12.7. The number of anilines is 1. The van der Waals surface area contributed by atoms with Crippen molar-refractivity contribution < 1.29 is 4.79 Å². The van der Waals surface area contributed by atoms with Gasteiger partial charge in [0.05, 0.1) is 21.8 Å². The van der Waals surface area contributed by atoms with Crippen LogP contribution in [-0.4, -0.2) is 18.5 Å². The average molecular weight is 322 g/mol. The molecule has 1 aromatic carbocycles. The molecule has 0 aliphatic carbocycles. The molecule has 0 radical (unpaired) electrons. The summed E-state index contributed by atoms with van der Waals surface area (Å²) in [6, 6.07) is 2.90. The van der Waals surface area contributed by atoms with Crippen molar-refractivity contribution in [3.63, 3.8) is 0 Å². The summed E-state index contributed by atoms with van der Waals surface area (Å²) in [5.41, 5.74) is 0.414. The third-order valence-corrected chi connectivity index (χ3v) is 4.12. The maximum atomic E-state index is 12.2. The van der Waals surface area contributed by atoms with Crippen molar-refractivity contribution in [2.75, 3.05) is 11.9 Å². The number of halogens is 3. The van der Waals surface area contributed by atoms with E-state index in [1.165, 1.54) is 0 Å². The van der Waals surface area contributed by atoms with E-state index in [0.717, 1.165) is 19.4 Å². The first-order valence-corrected chi connectivity index (χ1v) is 7.31. The SMILES string of the molecule is CC1CCCNC1C(=O)Nc1c(Cl)cc(Cl)cc1Cl. The van der Waals surface area contributed by atoms with Crippen molar-refractivity contribution in [1.82, 2.24) is 5.32 Å². The van der Waals surface area contributed by atoms with Crippen LogP contribution in [0.1, 0.15) is 19.8 Å². The van der Waals surface area contributed by atoms with Gasteiger partial charge >= 0.3 is 0 Å². The van der Waals surface area contributed by atoms with Crippen molar-refractivity contribution in [1.29, 1.82) is 0 Å². The molecule has 1 heterocycles. The normalized spacial score (nSPS) is 23.2. The maximum Gasteiger partial charge on any atom is 0.241 e. The molecule has 2 unspecified atom stereocenters. The summed E-state index contributed by atoms with van der Waals surface area (Å²) in [6.07, 6.45) is 2.13. The zero-order valence-electron chi connectivity index (χ0n) is 10.5. The van der Waals surface area contributed by atoms with Gasteiger partial charge in [0.2, 0.25) is 5.91 Å². The topological polar surface area (TPSA) is 41.1 Å². The van der Waals surface area contributed by atoms with Gasteiger partial charge in [0.25, 0.3) is 0 Å². The highest BCUT2D eigenvalue weighted by atomic mass is 35.5. The number of amides is 1. The van der Waals surface area contributed by atoms with Gasteiger partial charge in [-0.25, -0.2) is 0 Å². The minimum atomic E-state index is -0.212. The molecule has 0 bridgehead atoms. The molecule has 0 saturated carbocycles. The number of carbonyl (C=O) groups is 1. The quantitative estimate of drug-likeness (QED) is 0.865. The molecule has 1 amide bonds. The van der Waals surface area contributed by atoms with E-state index in [1.807, 2.05) is 0 Å². The van der Waals surface area contributed by atoms with Gasteiger partial charge in [-0.1, -0.05) is 41.7 Å². The van der Waals surface area contributed by atoms with Crippen molar-refractivity contribution in [3.05, 3.63) is 27.2 Å². The number of carbonyl (C=O) groups excluding carboxylic acids is 1. The zero-order chi connectivity index (χ0) is 14.0. The first-order valence-electron chi connectivity index (χ1n) is 6.18. The van der Waals surface area contributed by atoms with Crippen molar-refractivity contribution in [3.8, 4) is 0 Å². The van der Waals surface area contributed by atoms with Gasteiger partial charge < -0.3 is 10.6 Å². The van der Waals surface area contributed by atoms with Crippen LogP contribution in [0, 0.1) is 5.92 Å². The molecule has 104 valence electrons. The highest BCUT2D eigenvalue weighted by Crippen LogP contribution is 2.34. The molecule has 0 aromatic heterocycles. The van der Waals surface area contributed by atoms with Crippen LogP contribution in [0.5, 0.6) is 0 Å². The van der Waals surface area contributed by atoms with Crippen LogP contribution in [0.3, 0.4) is 0 Å². The molecular formula is C13H15Cl3N2O. The predicted molar refractivity (Wildman–Crippen MR) is 80.3 cm³/mol. The van der Waals surface area contributed by atoms with E-state index in [1.54, 1.807) is 12.1 Å². The van der Waals surface area contributed by atoms with E-state index in [4.69, 9.17) is 34.8 Å². The number of rotatable bonds is 2. The summed E-state index contributed by atoms with van der Waals surface area (Å²) >= 11 is 17.9. The van der Waals surface area contributed by atoms with Gasteiger partial charge in [-0.2, -0.15) is 0 Å². The smallest absolute Gasteiger partial charge is 0.241 e. The molecule has 1 aliphatic rings. The third-order valence-electron chi connectivity index (χ3n) is 3.31. The summed E-state index contributed by atoms with van der Waals surface area (Å²) in [6.45, 7) is 2.91. The lowest BCUT2D eigenvalue weighted by Crippen LogP contribution is -2.48. The minimum Gasteiger partial charge on any atom is -0.322 e. The second-order valence-corrected chi connectivity index (χ2v) is 6.04. The molecule has 3 nitrogen and oxygen atoms in total. The Bertz CT molecular complexity index is 470. The molecule has 2 rings (SSSR count). The summed E-state index contributed by atoms with van der Waals surface area (Å²) in [5.74, 6) is 0.178. The lowest BCUT2D eigenvalue weighted by molar-refractivity contribution is -0.119. The monoisotopic (exact) mass is 320 g/mol. The molecule has 0 spiro atoms. The van der Waals surface area contributed by atoms with E-state index < -0.39 is 0 Å². The Morgan fingerprint density at radius 2 is 1.95 bits per heavy atom. The Balaban J connectivity index is 2.14. The Kier molecular flexibility index (Phi) is 4.96. The highest BCUT2D eigenvalue weighted by Gasteiger charge is 2.28. The van der Waals surface area contributed by atoms with Crippen LogP contribution in [0.15, 0.2) is 12.1 Å². The fourth-order valence-electron chi connectivity index (χ4n) is 2.26. The van der Waals surface area contributed by atoms with Crippen LogP contribution in [0.25, 0.3) is 0 Å². The molecule has 2 atom stereocenters.